The predicted octanol–water partition coefficient (Wildman–Crippen LogP) is 1.19. The van der Waals surface area contributed by atoms with Gasteiger partial charge in [-0.25, -0.2) is 8.42 Å². The summed E-state index contributed by atoms with van der Waals surface area (Å²) in [6.07, 6.45) is 0. The van der Waals surface area contributed by atoms with Crippen molar-refractivity contribution in [3.05, 3.63) is 14.7 Å². The third kappa shape index (κ3) is 3.18. The van der Waals surface area contributed by atoms with Gasteiger partial charge in [0.2, 0.25) is 10.0 Å². The maximum absolute atomic E-state index is 12.1. The van der Waals surface area contributed by atoms with E-state index in [1.165, 1.54) is 24.5 Å². The Morgan fingerprint density at radius 2 is 2.29 bits per heavy atom. The SMILES string of the molecule is Cc1sc(Br)cc1S(=O)(=O)N(C)CC(N)=NO. The van der Waals surface area contributed by atoms with Crippen LogP contribution in [0.15, 0.2) is 19.9 Å². The summed E-state index contributed by atoms with van der Waals surface area (Å²) in [5.41, 5.74) is 5.28. The van der Waals surface area contributed by atoms with Gasteiger partial charge in [0, 0.05) is 11.9 Å². The fraction of sp³-hybridized carbons (Fsp3) is 0.375. The second-order valence-corrected chi connectivity index (χ2v) is 7.97. The minimum atomic E-state index is -3.61. The van der Waals surface area contributed by atoms with Crippen LogP contribution in [0.25, 0.3) is 0 Å². The van der Waals surface area contributed by atoms with Gasteiger partial charge in [-0.15, -0.1) is 11.3 Å². The summed E-state index contributed by atoms with van der Waals surface area (Å²) in [7, 11) is -2.24. The lowest BCUT2D eigenvalue weighted by Crippen LogP contribution is -2.35. The number of hydrogen-bond donors (Lipinski definition) is 2. The minimum absolute atomic E-state index is 0.161. The second kappa shape index (κ2) is 5.34. The van der Waals surface area contributed by atoms with E-state index in [4.69, 9.17) is 10.9 Å². The molecule has 1 aromatic rings. The fourth-order valence-electron chi connectivity index (χ4n) is 1.20. The third-order valence-corrected chi connectivity index (χ3v) is 5.66. The molecule has 0 aliphatic carbocycles. The van der Waals surface area contributed by atoms with E-state index < -0.39 is 10.0 Å². The number of likely N-dealkylation sites (N-methyl/N-ethyl adjacent to an activating group) is 1. The van der Waals surface area contributed by atoms with Crippen molar-refractivity contribution in [1.82, 2.24) is 4.31 Å². The number of sulfonamides is 1. The van der Waals surface area contributed by atoms with E-state index in [0.717, 1.165) is 8.09 Å². The highest BCUT2D eigenvalue weighted by Crippen LogP contribution is 2.30. The standard InChI is InChI=1S/C8H12BrN3O3S2/c1-5-6(3-7(9)16-5)17(14,15)12(2)4-8(10)11-13/h3,13H,4H2,1-2H3,(H2,10,11). The quantitative estimate of drug-likeness (QED) is 0.372. The van der Waals surface area contributed by atoms with E-state index in [0.29, 0.717) is 4.88 Å². The van der Waals surface area contributed by atoms with Gasteiger partial charge in [0.05, 0.1) is 15.2 Å². The molecule has 96 valence electrons. The van der Waals surface area contributed by atoms with Crippen LogP contribution in [0.4, 0.5) is 0 Å². The smallest absolute Gasteiger partial charge is 0.244 e. The number of nitrogens with zero attached hydrogens (tertiary/aromatic N) is 2. The Hall–Kier alpha value is -0.640. The minimum Gasteiger partial charge on any atom is -0.409 e. The van der Waals surface area contributed by atoms with Crippen molar-refractivity contribution in [2.75, 3.05) is 13.6 Å². The molecule has 0 atom stereocenters. The molecule has 0 saturated carbocycles. The summed E-state index contributed by atoms with van der Waals surface area (Å²) in [6, 6.07) is 1.54. The molecule has 0 radical (unpaired) electrons. The van der Waals surface area contributed by atoms with Gasteiger partial charge in [0.15, 0.2) is 5.84 Å². The van der Waals surface area contributed by atoms with Crippen LogP contribution in [0.1, 0.15) is 4.88 Å². The van der Waals surface area contributed by atoms with Crippen LogP contribution in [-0.2, 0) is 10.0 Å². The first-order chi connectivity index (χ1) is 7.78. The number of rotatable bonds is 4. The fourth-order valence-corrected chi connectivity index (χ4v) is 4.72. The highest BCUT2D eigenvalue weighted by Gasteiger charge is 2.25. The number of aryl methyl sites for hydroxylation is 1. The highest BCUT2D eigenvalue weighted by molar-refractivity contribution is 9.11. The third-order valence-electron chi connectivity index (χ3n) is 2.04. The Morgan fingerprint density at radius 1 is 1.71 bits per heavy atom. The van der Waals surface area contributed by atoms with Crippen LogP contribution < -0.4 is 5.73 Å². The summed E-state index contributed by atoms with van der Waals surface area (Å²) in [5, 5.41) is 11.2. The zero-order chi connectivity index (χ0) is 13.2. The van der Waals surface area contributed by atoms with Crippen molar-refractivity contribution < 1.29 is 13.6 Å². The van der Waals surface area contributed by atoms with Gasteiger partial charge >= 0.3 is 0 Å². The van der Waals surface area contributed by atoms with E-state index in [2.05, 4.69) is 21.1 Å². The zero-order valence-electron chi connectivity index (χ0n) is 9.21. The Kier molecular flexibility index (Phi) is 4.53. The number of hydrogen-bond acceptors (Lipinski definition) is 5. The summed E-state index contributed by atoms with van der Waals surface area (Å²) in [5.74, 6) is -0.164. The van der Waals surface area contributed by atoms with Crippen molar-refractivity contribution in [3.8, 4) is 0 Å². The van der Waals surface area contributed by atoms with Crippen LogP contribution >= 0.6 is 27.3 Å². The molecule has 9 heteroatoms. The molecule has 0 aliphatic rings. The van der Waals surface area contributed by atoms with E-state index in [9.17, 15) is 8.42 Å². The first-order valence-electron chi connectivity index (χ1n) is 4.47. The molecule has 0 amide bonds. The van der Waals surface area contributed by atoms with Crippen molar-refractivity contribution in [3.63, 3.8) is 0 Å². The lowest BCUT2D eigenvalue weighted by molar-refractivity contribution is 0.315. The molecule has 6 nitrogen and oxygen atoms in total. The lowest BCUT2D eigenvalue weighted by Gasteiger charge is -2.15. The zero-order valence-corrected chi connectivity index (χ0v) is 12.4. The summed E-state index contributed by atoms with van der Waals surface area (Å²) in [4.78, 5) is 0.908. The Balaban J connectivity index is 3.07. The van der Waals surface area contributed by atoms with Gasteiger partial charge in [-0.05, 0) is 28.9 Å². The molecule has 0 unspecified atom stereocenters. The molecule has 0 spiro atoms. The molecule has 1 heterocycles. The number of halogens is 1. The maximum Gasteiger partial charge on any atom is 0.244 e. The van der Waals surface area contributed by atoms with Crippen molar-refractivity contribution >= 4 is 43.1 Å². The molecule has 0 fully saturated rings. The van der Waals surface area contributed by atoms with Crippen LogP contribution in [0.3, 0.4) is 0 Å². The first-order valence-corrected chi connectivity index (χ1v) is 7.52. The van der Waals surface area contributed by atoms with E-state index in [1.54, 1.807) is 6.92 Å². The molecule has 0 saturated heterocycles. The van der Waals surface area contributed by atoms with Crippen molar-refractivity contribution in [2.45, 2.75) is 11.8 Å². The summed E-state index contributed by atoms with van der Waals surface area (Å²) in [6.45, 7) is 1.56. The molecule has 1 aromatic heterocycles. The Labute approximate surface area is 112 Å². The molecule has 0 bridgehead atoms. The van der Waals surface area contributed by atoms with E-state index in [1.807, 2.05) is 0 Å². The second-order valence-electron chi connectivity index (χ2n) is 3.32. The molecule has 1 rings (SSSR count). The molecular weight excluding hydrogens is 330 g/mol. The monoisotopic (exact) mass is 341 g/mol. The summed E-state index contributed by atoms with van der Waals surface area (Å²) < 4.78 is 26.0. The van der Waals surface area contributed by atoms with Gasteiger partial charge in [-0.3, -0.25) is 0 Å². The summed E-state index contributed by atoms with van der Waals surface area (Å²) >= 11 is 4.57. The lowest BCUT2D eigenvalue weighted by atomic mass is 10.5. The average molecular weight is 342 g/mol. The molecule has 0 aliphatic heterocycles. The highest BCUT2D eigenvalue weighted by atomic mass is 79.9. The van der Waals surface area contributed by atoms with Crippen LogP contribution in [-0.4, -0.2) is 37.4 Å². The van der Waals surface area contributed by atoms with Gasteiger partial charge in [0.1, 0.15) is 0 Å². The predicted molar refractivity (Wildman–Crippen MR) is 70.0 cm³/mol. The largest absolute Gasteiger partial charge is 0.409 e. The van der Waals surface area contributed by atoms with Gasteiger partial charge in [-0.2, -0.15) is 4.31 Å². The number of thiophene rings is 1. The van der Waals surface area contributed by atoms with Gasteiger partial charge in [-0.1, -0.05) is 5.16 Å². The first kappa shape index (κ1) is 14.4. The van der Waals surface area contributed by atoms with Crippen molar-refractivity contribution in [1.29, 1.82) is 0 Å². The van der Waals surface area contributed by atoms with E-state index in [-0.39, 0.29) is 17.3 Å². The number of amidine groups is 1. The molecule has 17 heavy (non-hydrogen) atoms. The van der Waals surface area contributed by atoms with Gasteiger partial charge in [0.25, 0.3) is 0 Å². The van der Waals surface area contributed by atoms with E-state index >= 15 is 0 Å². The topological polar surface area (TPSA) is 96.0 Å². The molecule has 0 aromatic carbocycles. The van der Waals surface area contributed by atoms with Crippen LogP contribution in [0, 0.1) is 6.92 Å². The number of nitrogens with two attached hydrogens (primary N) is 1. The Bertz CT molecular complexity index is 538. The molecular formula is C8H12BrN3O3S2. The normalized spacial score (nSPS) is 13.3. The Morgan fingerprint density at radius 3 is 2.71 bits per heavy atom. The van der Waals surface area contributed by atoms with Crippen molar-refractivity contribution in [2.24, 2.45) is 10.9 Å². The number of oxime groups is 1. The maximum atomic E-state index is 12.1. The van der Waals surface area contributed by atoms with Crippen LogP contribution in [0.2, 0.25) is 0 Å². The average Bonchev–Trinajstić information content (AvgIpc) is 2.58. The van der Waals surface area contributed by atoms with Gasteiger partial charge < -0.3 is 10.9 Å². The van der Waals surface area contributed by atoms with Crippen LogP contribution in [0.5, 0.6) is 0 Å². The molecule has 3 N–H and O–H groups in total.